The van der Waals surface area contributed by atoms with Gasteiger partial charge in [0.2, 0.25) is 5.91 Å². The van der Waals surface area contributed by atoms with Gasteiger partial charge in [0, 0.05) is 33.5 Å². The molecule has 6 heteroatoms. The molecular formula is C24H19BrN2O2S. The van der Waals surface area contributed by atoms with E-state index in [0.29, 0.717) is 17.4 Å². The number of benzene rings is 3. The maximum absolute atomic E-state index is 12.2. The van der Waals surface area contributed by atoms with Crippen LogP contribution in [0.25, 0.3) is 22.6 Å². The van der Waals surface area contributed by atoms with E-state index >= 15 is 0 Å². The number of carbonyl (C=O) groups is 1. The average Bonchev–Trinajstić information content (AvgIpc) is 3.21. The number of nitrogens with one attached hydrogen (secondary N) is 1. The van der Waals surface area contributed by atoms with Gasteiger partial charge in [-0.3, -0.25) is 4.79 Å². The summed E-state index contributed by atoms with van der Waals surface area (Å²) < 4.78 is 7.06. The molecule has 0 aliphatic heterocycles. The van der Waals surface area contributed by atoms with Crippen molar-refractivity contribution in [1.29, 1.82) is 0 Å². The molecule has 0 aliphatic rings. The number of hydrogen-bond acceptors (Lipinski definition) is 4. The minimum Gasteiger partial charge on any atom is -0.431 e. The molecule has 1 aromatic heterocycles. The highest BCUT2D eigenvalue weighted by molar-refractivity contribution is 9.10. The van der Waals surface area contributed by atoms with E-state index in [4.69, 9.17) is 9.40 Å². The van der Waals surface area contributed by atoms with Gasteiger partial charge in [0.15, 0.2) is 5.76 Å². The van der Waals surface area contributed by atoms with Crippen LogP contribution in [0.3, 0.4) is 0 Å². The summed E-state index contributed by atoms with van der Waals surface area (Å²) in [5, 5.41) is 3.46. The maximum Gasteiger partial charge on any atom is 0.256 e. The zero-order valence-electron chi connectivity index (χ0n) is 16.0. The second-order valence-electron chi connectivity index (χ2n) is 6.54. The van der Waals surface area contributed by atoms with E-state index in [-0.39, 0.29) is 5.91 Å². The van der Waals surface area contributed by atoms with E-state index in [1.54, 1.807) is 0 Å². The second-order valence-corrected chi connectivity index (χ2v) is 8.50. The standard InChI is InChI=1S/C24H19BrN2O2S/c25-19-11-13-20(14-12-19)26-21(28)15-16-30-24-27-22(17-7-3-1-4-8-17)23(29-24)18-9-5-2-6-10-18/h1-14H,15-16H2,(H,26,28). The number of hydrogen-bond donors (Lipinski definition) is 1. The highest BCUT2D eigenvalue weighted by Crippen LogP contribution is 2.35. The molecule has 0 radical (unpaired) electrons. The Kier molecular flexibility index (Phi) is 6.67. The first-order valence-electron chi connectivity index (χ1n) is 9.49. The van der Waals surface area contributed by atoms with Crippen LogP contribution in [0.1, 0.15) is 6.42 Å². The lowest BCUT2D eigenvalue weighted by Crippen LogP contribution is -2.11. The first kappa shape index (κ1) is 20.4. The Bertz CT molecular complexity index is 1060. The lowest BCUT2D eigenvalue weighted by atomic mass is 10.1. The molecule has 0 aliphatic carbocycles. The number of aromatic nitrogens is 1. The molecule has 150 valence electrons. The van der Waals surface area contributed by atoms with Gasteiger partial charge in [0.1, 0.15) is 5.69 Å². The zero-order chi connectivity index (χ0) is 20.8. The van der Waals surface area contributed by atoms with E-state index in [1.165, 1.54) is 11.8 Å². The van der Waals surface area contributed by atoms with E-state index in [0.717, 1.165) is 32.7 Å². The fraction of sp³-hybridized carbons (Fsp3) is 0.0833. The summed E-state index contributed by atoms with van der Waals surface area (Å²) in [5.41, 5.74) is 3.56. The van der Waals surface area contributed by atoms with Gasteiger partial charge in [0.25, 0.3) is 5.22 Å². The topological polar surface area (TPSA) is 55.1 Å². The molecule has 30 heavy (non-hydrogen) atoms. The van der Waals surface area contributed by atoms with Gasteiger partial charge < -0.3 is 9.73 Å². The molecule has 4 nitrogen and oxygen atoms in total. The number of anilines is 1. The number of amides is 1. The number of thioether (sulfide) groups is 1. The smallest absolute Gasteiger partial charge is 0.256 e. The Morgan fingerprint density at radius 2 is 1.53 bits per heavy atom. The van der Waals surface area contributed by atoms with Crippen LogP contribution < -0.4 is 5.32 Å². The summed E-state index contributed by atoms with van der Waals surface area (Å²) in [4.78, 5) is 16.9. The third kappa shape index (κ3) is 5.20. The van der Waals surface area contributed by atoms with Crippen molar-refractivity contribution in [3.05, 3.63) is 89.4 Å². The molecule has 0 bridgehead atoms. The summed E-state index contributed by atoms with van der Waals surface area (Å²) in [5.74, 6) is 1.28. The van der Waals surface area contributed by atoms with Gasteiger partial charge in [-0.2, -0.15) is 0 Å². The van der Waals surface area contributed by atoms with Gasteiger partial charge in [0.05, 0.1) is 0 Å². The molecule has 1 heterocycles. The van der Waals surface area contributed by atoms with Crippen molar-refractivity contribution < 1.29 is 9.21 Å². The second kappa shape index (κ2) is 9.78. The van der Waals surface area contributed by atoms with Crippen molar-refractivity contribution in [2.45, 2.75) is 11.6 Å². The largest absolute Gasteiger partial charge is 0.431 e. The Hall–Kier alpha value is -2.83. The van der Waals surface area contributed by atoms with Crippen LogP contribution in [0.15, 0.2) is 99.0 Å². The van der Waals surface area contributed by atoms with Crippen molar-refractivity contribution in [2.75, 3.05) is 11.1 Å². The van der Waals surface area contributed by atoms with E-state index in [9.17, 15) is 4.79 Å². The summed E-state index contributed by atoms with van der Waals surface area (Å²) in [7, 11) is 0. The van der Waals surface area contributed by atoms with Gasteiger partial charge >= 0.3 is 0 Å². The Labute approximate surface area is 187 Å². The summed E-state index contributed by atoms with van der Waals surface area (Å²) in [6.07, 6.45) is 0.366. The lowest BCUT2D eigenvalue weighted by molar-refractivity contribution is -0.115. The first-order valence-corrected chi connectivity index (χ1v) is 11.3. The molecule has 1 N–H and O–H groups in total. The van der Waals surface area contributed by atoms with Crippen molar-refractivity contribution >= 4 is 39.3 Å². The molecule has 0 unspecified atom stereocenters. The molecule has 0 atom stereocenters. The van der Waals surface area contributed by atoms with Crippen LogP contribution in [-0.2, 0) is 4.79 Å². The first-order chi connectivity index (χ1) is 14.7. The average molecular weight is 479 g/mol. The number of rotatable bonds is 7. The maximum atomic E-state index is 12.2. The van der Waals surface area contributed by atoms with Crippen molar-refractivity contribution in [3.63, 3.8) is 0 Å². The van der Waals surface area contributed by atoms with Crippen LogP contribution in [-0.4, -0.2) is 16.6 Å². The molecule has 0 spiro atoms. The highest BCUT2D eigenvalue weighted by atomic mass is 79.9. The minimum atomic E-state index is -0.0389. The van der Waals surface area contributed by atoms with Gasteiger partial charge in [-0.15, -0.1) is 0 Å². The van der Waals surface area contributed by atoms with E-state index in [1.807, 2.05) is 84.9 Å². The Morgan fingerprint density at radius 1 is 0.900 bits per heavy atom. The molecule has 0 saturated carbocycles. The lowest BCUT2D eigenvalue weighted by Gasteiger charge is -2.04. The Balaban J connectivity index is 1.45. The Morgan fingerprint density at radius 3 is 2.20 bits per heavy atom. The molecule has 1 amide bonds. The number of halogens is 1. The van der Waals surface area contributed by atoms with Crippen LogP contribution in [0.5, 0.6) is 0 Å². The van der Waals surface area contributed by atoms with Crippen LogP contribution in [0, 0.1) is 0 Å². The summed E-state index contributed by atoms with van der Waals surface area (Å²) in [6, 6.07) is 27.4. The molecule has 3 aromatic carbocycles. The van der Waals surface area contributed by atoms with Gasteiger partial charge in [-0.1, -0.05) is 88.4 Å². The van der Waals surface area contributed by atoms with E-state index < -0.39 is 0 Å². The molecular weight excluding hydrogens is 460 g/mol. The summed E-state index contributed by atoms with van der Waals surface area (Å²) in [6.45, 7) is 0. The van der Waals surface area contributed by atoms with Crippen molar-refractivity contribution in [3.8, 4) is 22.6 Å². The molecule has 4 aromatic rings. The van der Waals surface area contributed by atoms with Crippen molar-refractivity contribution in [2.24, 2.45) is 0 Å². The molecule has 4 rings (SSSR count). The van der Waals surface area contributed by atoms with E-state index in [2.05, 4.69) is 21.2 Å². The van der Waals surface area contributed by atoms with Crippen molar-refractivity contribution in [1.82, 2.24) is 4.98 Å². The highest BCUT2D eigenvalue weighted by Gasteiger charge is 2.17. The fourth-order valence-corrected chi connectivity index (χ4v) is 3.95. The fourth-order valence-electron chi connectivity index (χ4n) is 2.93. The van der Waals surface area contributed by atoms with Gasteiger partial charge in [-0.25, -0.2) is 4.98 Å². The van der Waals surface area contributed by atoms with Crippen LogP contribution in [0.4, 0.5) is 5.69 Å². The third-order valence-corrected chi connectivity index (χ3v) is 5.73. The summed E-state index contributed by atoms with van der Waals surface area (Å²) >= 11 is 4.83. The number of nitrogens with zero attached hydrogens (tertiary/aromatic N) is 1. The number of oxazole rings is 1. The predicted molar refractivity (Wildman–Crippen MR) is 125 cm³/mol. The minimum absolute atomic E-state index is 0.0389. The van der Waals surface area contributed by atoms with Crippen LogP contribution >= 0.6 is 27.7 Å². The van der Waals surface area contributed by atoms with Crippen LogP contribution in [0.2, 0.25) is 0 Å². The zero-order valence-corrected chi connectivity index (χ0v) is 18.4. The molecule has 0 saturated heterocycles. The normalized spacial score (nSPS) is 10.7. The number of carbonyl (C=O) groups excluding carboxylic acids is 1. The monoisotopic (exact) mass is 478 g/mol. The predicted octanol–water partition coefficient (Wildman–Crippen LogP) is 6.89. The third-order valence-electron chi connectivity index (χ3n) is 4.37. The SMILES string of the molecule is O=C(CCSc1nc(-c2ccccc2)c(-c2ccccc2)o1)Nc1ccc(Br)cc1. The quantitative estimate of drug-likeness (QED) is 0.293. The molecule has 0 fully saturated rings. The van der Waals surface area contributed by atoms with Gasteiger partial charge in [-0.05, 0) is 24.3 Å².